The van der Waals surface area contributed by atoms with Gasteiger partial charge in [-0.1, -0.05) is 129 Å². The molecule has 0 aliphatic carbocycles. The third-order valence-electron chi connectivity index (χ3n) is 6.56. The quantitative estimate of drug-likeness (QED) is 0.0754. The molecule has 0 aromatic rings. The Bertz CT molecular complexity index is 422. The summed E-state index contributed by atoms with van der Waals surface area (Å²) in [6.07, 6.45) is 27.3. The van der Waals surface area contributed by atoms with Crippen molar-refractivity contribution in [2.75, 3.05) is 25.1 Å². The van der Waals surface area contributed by atoms with Crippen LogP contribution in [0.15, 0.2) is 0 Å². The van der Waals surface area contributed by atoms with Gasteiger partial charge in [0.15, 0.2) is 0 Å². The van der Waals surface area contributed by atoms with Gasteiger partial charge in [0.1, 0.15) is 0 Å². The molecule has 0 N–H and O–H groups in total. The molecule has 0 unspecified atom stereocenters. The zero-order valence-electron chi connectivity index (χ0n) is 22.1. The molecule has 0 aliphatic heterocycles. The molecule has 0 saturated heterocycles. The van der Waals surface area contributed by atoms with Crippen molar-refractivity contribution in [1.29, 1.82) is 0 Å². The van der Waals surface area contributed by atoms with Gasteiger partial charge in [-0.25, -0.2) is 0 Å². The van der Waals surface area contributed by atoms with Crippen LogP contribution in [0.25, 0.3) is 0 Å². The molecule has 0 saturated carbocycles. The van der Waals surface area contributed by atoms with Gasteiger partial charge in [-0.2, -0.15) is 0 Å². The van der Waals surface area contributed by atoms with Crippen molar-refractivity contribution in [3.63, 3.8) is 0 Å². The second-order valence-corrected chi connectivity index (χ2v) is 13.2. The second-order valence-electron chi connectivity index (χ2n) is 9.83. The van der Waals surface area contributed by atoms with E-state index in [1.165, 1.54) is 103 Å². The van der Waals surface area contributed by atoms with Crippen LogP contribution in [0.3, 0.4) is 0 Å². The average Bonchev–Trinajstić information content (AvgIpc) is 2.76. The topological polar surface area (TPSA) is 43.4 Å². The smallest absolute Gasteiger partial charge is 0.313 e. The first kappa shape index (κ1) is 31.7. The lowest BCUT2D eigenvalue weighted by Crippen LogP contribution is -2.13. The molecular weight excluding hydrogens is 415 g/mol. The summed E-state index contributed by atoms with van der Waals surface area (Å²) in [5, 5.41) is 0. The number of hydrogen-bond acceptors (Lipinski definition) is 3. The fourth-order valence-corrected chi connectivity index (χ4v) is 7.19. The lowest BCUT2D eigenvalue weighted by molar-refractivity contribution is -0.140. The Hall–Kier alpha value is -0.300. The summed E-state index contributed by atoms with van der Waals surface area (Å²) in [5.74, 6) is -0.255. The normalized spacial score (nSPS) is 11.7. The van der Waals surface area contributed by atoms with Gasteiger partial charge in [0.25, 0.3) is 0 Å². The minimum absolute atomic E-state index is 0.162. The summed E-state index contributed by atoms with van der Waals surface area (Å²) in [7, 11) is -2.43. The van der Waals surface area contributed by atoms with Crippen LogP contribution in [0, 0.1) is 0 Å². The molecule has 0 aliphatic rings. The van der Waals surface area contributed by atoms with E-state index < -0.39 is 7.14 Å². The Morgan fingerprint density at radius 3 is 1.16 bits per heavy atom. The molecule has 0 spiro atoms. The molecule has 0 amide bonds. The van der Waals surface area contributed by atoms with Crippen molar-refractivity contribution in [3.8, 4) is 0 Å². The van der Waals surface area contributed by atoms with E-state index in [-0.39, 0.29) is 12.1 Å². The van der Waals surface area contributed by atoms with Crippen LogP contribution in [0.4, 0.5) is 0 Å². The monoisotopic (exact) mass is 472 g/mol. The Balaban J connectivity index is 3.99. The van der Waals surface area contributed by atoms with E-state index in [4.69, 9.17) is 4.74 Å². The molecule has 3 nitrogen and oxygen atoms in total. The van der Waals surface area contributed by atoms with Gasteiger partial charge in [-0.3, -0.25) is 4.79 Å². The molecule has 0 radical (unpaired) electrons. The molecule has 0 aromatic carbocycles. The standard InChI is InChI=1S/C28H57O3P/c1-4-7-9-11-13-15-17-19-21-23-25-32(30,27-28(29)31-6-3)26-24-22-20-18-16-14-12-10-8-5-2/h4-27H2,1-3H3. The van der Waals surface area contributed by atoms with Crippen LogP contribution in [0.5, 0.6) is 0 Å². The van der Waals surface area contributed by atoms with Crippen molar-refractivity contribution < 1.29 is 14.1 Å². The van der Waals surface area contributed by atoms with Gasteiger partial charge < -0.3 is 9.30 Å². The molecule has 0 fully saturated rings. The minimum Gasteiger partial charge on any atom is -0.466 e. The van der Waals surface area contributed by atoms with E-state index >= 15 is 0 Å². The van der Waals surface area contributed by atoms with E-state index in [1.807, 2.05) is 6.92 Å². The number of hydrogen-bond donors (Lipinski definition) is 0. The molecular formula is C28H57O3P. The molecule has 192 valence electrons. The zero-order valence-corrected chi connectivity index (χ0v) is 23.0. The maximum absolute atomic E-state index is 13.5. The summed E-state index contributed by atoms with van der Waals surface area (Å²) in [4.78, 5) is 12.0. The van der Waals surface area contributed by atoms with Crippen molar-refractivity contribution >= 4 is 13.1 Å². The van der Waals surface area contributed by atoms with Gasteiger partial charge in [-0.05, 0) is 19.8 Å². The first-order valence-corrected chi connectivity index (χ1v) is 16.6. The molecule has 4 heteroatoms. The van der Waals surface area contributed by atoms with Crippen molar-refractivity contribution in [1.82, 2.24) is 0 Å². The summed E-state index contributed by atoms with van der Waals surface area (Å²) >= 11 is 0. The van der Waals surface area contributed by atoms with Crippen LogP contribution in [0.1, 0.15) is 149 Å². The van der Waals surface area contributed by atoms with Gasteiger partial charge in [-0.15, -0.1) is 0 Å². The third-order valence-corrected chi connectivity index (χ3v) is 9.66. The van der Waals surface area contributed by atoms with Crippen LogP contribution < -0.4 is 0 Å². The van der Waals surface area contributed by atoms with Gasteiger partial charge >= 0.3 is 5.97 Å². The van der Waals surface area contributed by atoms with Gasteiger partial charge in [0.05, 0.1) is 19.9 Å². The molecule has 32 heavy (non-hydrogen) atoms. The van der Waals surface area contributed by atoms with Crippen LogP contribution >= 0.6 is 7.14 Å². The SMILES string of the molecule is CCCCCCCCCCCCP(=O)(CCCCCCCCCCCC)CC(=O)OCC. The highest BCUT2D eigenvalue weighted by Gasteiger charge is 2.25. The Labute approximate surface area is 201 Å². The van der Waals surface area contributed by atoms with Crippen molar-refractivity contribution in [3.05, 3.63) is 0 Å². The third kappa shape index (κ3) is 21.5. The van der Waals surface area contributed by atoms with Crippen molar-refractivity contribution in [2.24, 2.45) is 0 Å². The number of ether oxygens (including phenoxy) is 1. The van der Waals surface area contributed by atoms with E-state index in [9.17, 15) is 9.36 Å². The molecule has 0 heterocycles. The summed E-state index contributed by atoms with van der Waals surface area (Å²) in [5.41, 5.74) is 0. The van der Waals surface area contributed by atoms with E-state index in [0.29, 0.717) is 6.61 Å². The highest BCUT2D eigenvalue weighted by atomic mass is 31.2. The van der Waals surface area contributed by atoms with Gasteiger partial charge in [0, 0.05) is 12.3 Å². The molecule has 0 bridgehead atoms. The average molecular weight is 473 g/mol. The molecule has 0 atom stereocenters. The van der Waals surface area contributed by atoms with Crippen molar-refractivity contribution in [2.45, 2.75) is 149 Å². The van der Waals surface area contributed by atoms with Crippen LogP contribution in [0.2, 0.25) is 0 Å². The predicted molar refractivity (Wildman–Crippen MR) is 143 cm³/mol. The van der Waals surface area contributed by atoms with E-state index in [1.54, 1.807) is 0 Å². The largest absolute Gasteiger partial charge is 0.466 e. The predicted octanol–water partition coefficient (Wildman–Crippen LogP) is 9.75. The fourth-order valence-electron chi connectivity index (χ4n) is 4.49. The minimum atomic E-state index is -2.43. The van der Waals surface area contributed by atoms with Gasteiger partial charge in [0.2, 0.25) is 0 Å². The first-order valence-electron chi connectivity index (χ1n) is 14.3. The maximum atomic E-state index is 13.5. The second kappa shape index (κ2) is 23.8. The number of carbonyl (C=O) groups excluding carboxylic acids is 1. The lowest BCUT2D eigenvalue weighted by Gasteiger charge is -2.17. The van der Waals surface area contributed by atoms with Crippen LogP contribution in [-0.2, 0) is 14.1 Å². The number of rotatable bonds is 25. The maximum Gasteiger partial charge on any atom is 0.313 e. The lowest BCUT2D eigenvalue weighted by atomic mass is 10.1. The summed E-state index contributed by atoms with van der Waals surface area (Å²) < 4.78 is 18.6. The fraction of sp³-hybridized carbons (Fsp3) is 0.964. The highest BCUT2D eigenvalue weighted by Crippen LogP contribution is 2.47. The Morgan fingerprint density at radius 1 is 0.531 bits per heavy atom. The number of unbranched alkanes of at least 4 members (excludes halogenated alkanes) is 18. The van der Waals surface area contributed by atoms with Crippen LogP contribution in [-0.4, -0.2) is 31.1 Å². The first-order chi connectivity index (χ1) is 15.6. The van der Waals surface area contributed by atoms with E-state index in [0.717, 1.165) is 38.0 Å². The number of esters is 1. The zero-order chi connectivity index (χ0) is 23.8. The molecule has 0 aromatic heterocycles. The Morgan fingerprint density at radius 2 is 0.844 bits per heavy atom. The highest BCUT2D eigenvalue weighted by molar-refractivity contribution is 7.64. The molecule has 0 rings (SSSR count). The number of carbonyl (C=O) groups is 1. The Kier molecular flexibility index (Phi) is 23.6. The summed E-state index contributed by atoms with van der Waals surface area (Å²) in [6, 6.07) is 0. The van der Waals surface area contributed by atoms with E-state index in [2.05, 4.69) is 13.8 Å². The summed E-state index contributed by atoms with van der Waals surface area (Å²) in [6.45, 7) is 6.73.